The minimum atomic E-state index is -0.573. The lowest BCUT2D eigenvalue weighted by molar-refractivity contribution is -0.169. The van der Waals surface area contributed by atoms with Gasteiger partial charge in [0.25, 0.3) is 0 Å². The summed E-state index contributed by atoms with van der Waals surface area (Å²) in [6, 6.07) is 0. The summed E-state index contributed by atoms with van der Waals surface area (Å²) in [4.78, 5) is 34.5. The third-order valence-corrected chi connectivity index (χ3v) is 6.00. The van der Waals surface area contributed by atoms with Crippen LogP contribution in [0.15, 0.2) is 11.6 Å². The fourth-order valence-corrected chi connectivity index (χ4v) is 4.73. The molecule has 4 aliphatic rings. The summed E-state index contributed by atoms with van der Waals surface area (Å²) >= 11 is 0. The van der Waals surface area contributed by atoms with Crippen molar-refractivity contribution in [3.63, 3.8) is 0 Å². The van der Waals surface area contributed by atoms with Gasteiger partial charge >= 0.3 is 5.97 Å². The second kappa shape index (κ2) is 5.44. The molecule has 1 saturated heterocycles. The molecule has 3 saturated carbocycles. The highest BCUT2D eigenvalue weighted by molar-refractivity contribution is 6.00. The van der Waals surface area contributed by atoms with Gasteiger partial charge in [-0.1, -0.05) is 0 Å². The molecule has 0 unspecified atom stereocenters. The van der Waals surface area contributed by atoms with E-state index in [2.05, 4.69) is 0 Å². The van der Waals surface area contributed by atoms with Crippen molar-refractivity contribution in [3.05, 3.63) is 11.6 Å². The first-order valence-corrected chi connectivity index (χ1v) is 8.07. The van der Waals surface area contributed by atoms with E-state index >= 15 is 0 Å². The summed E-state index contributed by atoms with van der Waals surface area (Å²) in [7, 11) is 0. The molecule has 4 rings (SSSR count). The van der Waals surface area contributed by atoms with Crippen LogP contribution in [0.3, 0.4) is 0 Å². The Kier molecular flexibility index (Phi) is 3.83. The Bertz CT molecular complexity index is 596. The van der Waals surface area contributed by atoms with Crippen LogP contribution in [0.2, 0.25) is 0 Å². The Morgan fingerprint density at radius 1 is 1.35 bits per heavy atom. The summed E-state index contributed by atoms with van der Waals surface area (Å²) < 4.78 is 11.3. The quantitative estimate of drug-likeness (QED) is 0.584. The van der Waals surface area contributed by atoms with Gasteiger partial charge in [-0.15, -0.1) is 0 Å². The molecule has 2 N–H and O–H groups in total. The van der Waals surface area contributed by atoms with Crippen molar-refractivity contribution >= 4 is 17.7 Å². The Morgan fingerprint density at radius 3 is 2.70 bits per heavy atom. The molecule has 23 heavy (non-hydrogen) atoms. The zero-order valence-corrected chi connectivity index (χ0v) is 13.6. The smallest absolute Gasteiger partial charge is 0.302 e. The van der Waals surface area contributed by atoms with Crippen molar-refractivity contribution in [1.29, 1.82) is 0 Å². The molecule has 1 amide bonds. The number of ketones is 1. The monoisotopic (exact) mass is 321 g/mol. The molecule has 0 radical (unpaired) electrons. The average Bonchev–Trinajstić information content (AvgIpc) is 2.63. The van der Waals surface area contributed by atoms with Crippen molar-refractivity contribution in [3.8, 4) is 0 Å². The molecule has 4 atom stereocenters. The third-order valence-electron chi connectivity index (χ3n) is 6.00. The van der Waals surface area contributed by atoms with Crippen LogP contribution in [0, 0.1) is 17.3 Å². The van der Waals surface area contributed by atoms with Crippen LogP contribution >= 0.6 is 0 Å². The predicted molar refractivity (Wildman–Crippen MR) is 81.2 cm³/mol. The molecule has 0 aromatic carbocycles. The number of ether oxygens (including phenoxy) is 2. The zero-order valence-electron chi connectivity index (χ0n) is 13.6. The highest BCUT2D eigenvalue weighted by atomic mass is 16.6. The van der Waals surface area contributed by atoms with E-state index in [4.69, 9.17) is 15.2 Å². The maximum absolute atomic E-state index is 12.3. The highest BCUT2D eigenvalue weighted by Crippen LogP contribution is 2.70. The van der Waals surface area contributed by atoms with Crippen molar-refractivity contribution in [1.82, 2.24) is 0 Å². The second-order valence-corrected chi connectivity index (χ2v) is 7.23. The van der Waals surface area contributed by atoms with Gasteiger partial charge in [0.05, 0.1) is 6.61 Å². The lowest BCUT2D eigenvalue weighted by atomic mass is 9.43. The molecule has 1 heterocycles. The molecule has 6 heteroatoms. The van der Waals surface area contributed by atoms with Gasteiger partial charge in [-0.2, -0.15) is 0 Å². The van der Waals surface area contributed by atoms with Crippen molar-refractivity contribution in [2.24, 2.45) is 23.0 Å². The number of hydrogen-bond acceptors (Lipinski definition) is 5. The number of carbonyl (C=O) groups is 3. The molecule has 1 aliphatic heterocycles. The van der Waals surface area contributed by atoms with Crippen LogP contribution in [0.4, 0.5) is 0 Å². The first-order chi connectivity index (χ1) is 10.8. The van der Waals surface area contributed by atoms with E-state index in [1.54, 1.807) is 6.92 Å². The van der Waals surface area contributed by atoms with Gasteiger partial charge in [0, 0.05) is 30.3 Å². The first kappa shape index (κ1) is 16.2. The van der Waals surface area contributed by atoms with Gasteiger partial charge in [0.15, 0.2) is 5.78 Å². The topological polar surface area (TPSA) is 95.7 Å². The van der Waals surface area contributed by atoms with Crippen LogP contribution in [0.1, 0.15) is 39.5 Å². The zero-order chi connectivity index (χ0) is 16.8. The fourth-order valence-electron chi connectivity index (χ4n) is 4.73. The summed E-state index contributed by atoms with van der Waals surface area (Å²) in [5, 5.41) is 0. The molecule has 3 aliphatic carbocycles. The van der Waals surface area contributed by atoms with Gasteiger partial charge in [-0.05, 0) is 38.2 Å². The first-order valence-electron chi connectivity index (χ1n) is 8.07. The SMILES string of the molecule is CC(=O)OC[C@@]12CC[C@H]3C[C@@H]1[C@@]3(CC(=O)/C=C(\C)C(N)=O)CO2. The van der Waals surface area contributed by atoms with E-state index in [-0.39, 0.29) is 35.3 Å². The average molecular weight is 321 g/mol. The van der Waals surface area contributed by atoms with Crippen molar-refractivity contribution < 1.29 is 23.9 Å². The lowest BCUT2D eigenvalue weighted by Crippen LogP contribution is -2.60. The summed E-state index contributed by atoms with van der Waals surface area (Å²) in [5.41, 5.74) is 4.87. The van der Waals surface area contributed by atoms with Gasteiger partial charge in [-0.25, -0.2) is 0 Å². The third kappa shape index (κ3) is 2.49. The van der Waals surface area contributed by atoms with Crippen LogP contribution in [0.25, 0.3) is 0 Å². The van der Waals surface area contributed by atoms with Gasteiger partial charge in [0.1, 0.15) is 12.2 Å². The molecule has 4 fully saturated rings. The normalized spacial score (nSPS) is 37.9. The maximum Gasteiger partial charge on any atom is 0.302 e. The van der Waals surface area contributed by atoms with E-state index in [0.29, 0.717) is 18.9 Å². The largest absolute Gasteiger partial charge is 0.463 e. The fraction of sp³-hybridized carbons (Fsp3) is 0.706. The van der Waals surface area contributed by atoms with Crippen molar-refractivity contribution in [2.75, 3.05) is 13.2 Å². The highest BCUT2D eigenvalue weighted by Gasteiger charge is 2.71. The van der Waals surface area contributed by atoms with E-state index in [1.807, 2.05) is 0 Å². The number of hydrogen-bond donors (Lipinski definition) is 1. The van der Waals surface area contributed by atoms with E-state index in [0.717, 1.165) is 19.3 Å². The standard InChI is InChI=1S/C17H23NO5/c1-10(15(18)21)5-13(20)7-16-8-23-17(9-22-11(2)19)4-3-12(16)6-14(16)17/h5,12,14H,3-4,6-9H2,1-2H3,(H2,18,21)/b10-5+/t12-,14+,16-,17-/m0/s1. The number of amides is 1. The van der Waals surface area contributed by atoms with E-state index < -0.39 is 11.5 Å². The molecule has 0 aromatic rings. The minimum absolute atomic E-state index is 0.0789. The molecule has 6 nitrogen and oxygen atoms in total. The molecule has 126 valence electrons. The summed E-state index contributed by atoms with van der Waals surface area (Å²) in [6.07, 6.45) is 4.60. The second-order valence-electron chi connectivity index (χ2n) is 7.23. The molecule has 4 bridgehead atoms. The molecular weight excluding hydrogens is 298 g/mol. The number of carbonyl (C=O) groups excluding carboxylic acids is 3. The molecule has 0 aromatic heterocycles. The summed E-state index contributed by atoms with van der Waals surface area (Å²) in [6.45, 7) is 3.74. The minimum Gasteiger partial charge on any atom is -0.463 e. The number of fused-ring (bicyclic) bond motifs is 1. The number of nitrogens with two attached hydrogens (primary N) is 1. The van der Waals surface area contributed by atoms with Gasteiger partial charge in [0.2, 0.25) is 5.91 Å². The Hall–Kier alpha value is -1.69. The number of esters is 1. The van der Waals surface area contributed by atoms with Crippen LogP contribution in [-0.4, -0.2) is 36.5 Å². The number of allylic oxidation sites excluding steroid dienone is 1. The number of primary amides is 1. The van der Waals surface area contributed by atoms with Crippen LogP contribution < -0.4 is 5.73 Å². The predicted octanol–water partition coefficient (Wildman–Crippen LogP) is 1.13. The van der Waals surface area contributed by atoms with E-state index in [9.17, 15) is 14.4 Å². The van der Waals surface area contributed by atoms with Gasteiger partial charge < -0.3 is 15.2 Å². The Labute approximate surface area is 135 Å². The number of rotatable bonds is 6. The van der Waals surface area contributed by atoms with Crippen LogP contribution in [0.5, 0.6) is 0 Å². The van der Waals surface area contributed by atoms with E-state index in [1.165, 1.54) is 13.0 Å². The molecular formula is C17H23NO5. The van der Waals surface area contributed by atoms with Crippen LogP contribution in [-0.2, 0) is 23.9 Å². The summed E-state index contributed by atoms with van der Waals surface area (Å²) in [5.74, 6) is -0.231. The van der Waals surface area contributed by atoms with Crippen molar-refractivity contribution in [2.45, 2.75) is 45.1 Å². The Morgan fingerprint density at radius 2 is 2.09 bits per heavy atom. The Balaban J connectivity index is 1.74. The lowest BCUT2D eigenvalue weighted by Gasteiger charge is -2.59. The molecule has 0 spiro atoms. The maximum atomic E-state index is 12.3. The van der Waals surface area contributed by atoms with Gasteiger partial charge in [-0.3, -0.25) is 14.4 Å².